The molecule has 0 amide bonds. The molecule has 1 aromatic heterocycles. The molecule has 0 saturated carbocycles. The maximum atomic E-state index is 10.7. The zero-order chi connectivity index (χ0) is 15.7. The van der Waals surface area contributed by atoms with Gasteiger partial charge in [0.1, 0.15) is 5.69 Å². The lowest BCUT2D eigenvalue weighted by Crippen LogP contribution is -3.61. The van der Waals surface area contributed by atoms with Gasteiger partial charge in [0, 0.05) is 6.20 Å². The van der Waals surface area contributed by atoms with Crippen molar-refractivity contribution in [2.45, 2.75) is 5.51 Å². The van der Waals surface area contributed by atoms with Crippen LogP contribution in [0.2, 0.25) is 0 Å². The lowest BCUT2D eigenvalue weighted by atomic mass is 10.1. The Labute approximate surface area is 129 Å². The third-order valence-corrected chi connectivity index (χ3v) is 5.91. The summed E-state index contributed by atoms with van der Waals surface area (Å²) in [4.78, 5) is 4.43. The molecule has 0 saturated heterocycles. The van der Waals surface area contributed by atoms with E-state index in [1.54, 1.807) is 0 Å². The molecule has 112 valence electrons. The SMILES string of the molecule is O=S(=O)([O-])C(F)(F)F.c1ccc2c(c1)[I+]c1cccnc1-2. The van der Waals surface area contributed by atoms with E-state index in [1.807, 2.05) is 12.3 Å². The molecule has 9 heteroatoms. The van der Waals surface area contributed by atoms with Gasteiger partial charge in [-0.15, -0.1) is 0 Å². The first-order chi connectivity index (χ1) is 9.70. The molecule has 0 bridgehead atoms. The van der Waals surface area contributed by atoms with Gasteiger partial charge in [-0.05, 0) is 24.3 Å². The van der Waals surface area contributed by atoms with Gasteiger partial charge in [0.25, 0.3) is 0 Å². The predicted molar refractivity (Wildman–Crippen MR) is 62.8 cm³/mol. The van der Waals surface area contributed by atoms with E-state index >= 15 is 0 Å². The number of alkyl halides is 3. The van der Waals surface area contributed by atoms with Crippen LogP contribution in [0.4, 0.5) is 13.2 Å². The first-order valence-corrected chi connectivity index (χ1v) is 8.98. The molecule has 0 N–H and O–H groups in total. The fourth-order valence-electron chi connectivity index (χ4n) is 1.51. The summed E-state index contributed by atoms with van der Waals surface area (Å²) in [5.41, 5.74) is -3.08. The van der Waals surface area contributed by atoms with Crippen molar-refractivity contribution in [3.63, 3.8) is 0 Å². The molecule has 1 aromatic carbocycles. The predicted octanol–water partition coefficient (Wildman–Crippen LogP) is -0.758. The second-order valence-corrected chi connectivity index (χ2v) is 8.04. The molecule has 0 atom stereocenters. The summed E-state index contributed by atoms with van der Waals surface area (Å²) in [6.07, 6.45) is 1.88. The second kappa shape index (κ2) is 5.89. The van der Waals surface area contributed by atoms with Crippen molar-refractivity contribution in [3.05, 3.63) is 49.7 Å². The lowest BCUT2D eigenvalue weighted by Gasteiger charge is -2.08. The van der Waals surface area contributed by atoms with Gasteiger partial charge in [-0.1, -0.05) is 12.1 Å². The maximum Gasteiger partial charge on any atom is 0.485 e. The van der Waals surface area contributed by atoms with Crippen molar-refractivity contribution in [2.24, 2.45) is 0 Å². The Morgan fingerprint density at radius 3 is 2.24 bits per heavy atom. The molecule has 1 aliphatic heterocycles. The molecule has 2 aromatic rings. The zero-order valence-electron chi connectivity index (χ0n) is 10.1. The molecule has 3 rings (SSSR count). The molecule has 0 fully saturated rings. The average Bonchev–Trinajstić information content (AvgIpc) is 2.75. The number of hydrogen-bond acceptors (Lipinski definition) is 4. The smallest absolute Gasteiger partial charge is 0.485 e. The van der Waals surface area contributed by atoms with Crippen LogP contribution in [-0.4, -0.2) is 23.5 Å². The van der Waals surface area contributed by atoms with E-state index in [4.69, 9.17) is 13.0 Å². The molecular formula is C12H7F3INO3S. The highest BCUT2D eigenvalue weighted by Gasteiger charge is 2.37. The minimum Gasteiger partial charge on any atom is -0.741 e. The van der Waals surface area contributed by atoms with E-state index in [-0.39, 0.29) is 21.2 Å². The number of rotatable bonds is 0. The normalized spacial score (nSPS) is 13.0. The van der Waals surface area contributed by atoms with E-state index < -0.39 is 15.6 Å². The van der Waals surface area contributed by atoms with Crippen molar-refractivity contribution < 1.29 is 47.3 Å². The average molecular weight is 429 g/mol. The van der Waals surface area contributed by atoms with E-state index in [9.17, 15) is 13.2 Å². The van der Waals surface area contributed by atoms with Crippen LogP contribution in [0.1, 0.15) is 0 Å². The fraction of sp³-hybridized carbons (Fsp3) is 0.0833. The highest BCUT2D eigenvalue weighted by molar-refractivity contribution is 7.86. The van der Waals surface area contributed by atoms with E-state index in [0.29, 0.717) is 0 Å². The number of hydrogen-bond donors (Lipinski definition) is 0. The van der Waals surface area contributed by atoms with Gasteiger partial charge >= 0.3 is 26.7 Å². The number of pyridine rings is 1. The van der Waals surface area contributed by atoms with Gasteiger partial charge in [0.2, 0.25) is 7.14 Å². The maximum absolute atomic E-state index is 10.7. The topological polar surface area (TPSA) is 70.1 Å². The van der Waals surface area contributed by atoms with Crippen LogP contribution < -0.4 is 21.2 Å². The molecule has 0 spiro atoms. The summed E-state index contributed by atoms with van der Waals surface area (Å²) in [7, 11) is -6.09. The first kappa shape index (κ1) is 16.2. The Morgan fingerprint density at radius 1 is 1.05 bits per heavy atom. The van der Waals surface area contributed by atoms with Gasteiger partial charge in [-0.3, -0.25) is 4.98 Å². The van der Waals surface area contributed by atoms with Crippen molar-refractivity contribution >= 4 is 10.1 Å². The minimum absolute atomic E-state index is 0.0403. The van der Waals surface area contributed by atoms with Crippen LogP contribution in [0, 0.1) is 7.14 Å². The van der Waals surface area contributed by atoms with Crippen LogP contribution in [0.3, 0.4) is 0 Å². The van der Waals surface area contributed by atoms with Crippen LogP contribution in [0.15, 0.2) is 42.6 Å². The number of halogens is 4. The number of fused-ring (bicyclic) bond motifs is 3. The Kier molecular flexibility index (Phi) is 4.54. The van der Waals surface area contributed by atoms with Crippen LogP contribution >= 0.6 is 0 Å². The van der Waals surface area contributed by atoms with Gasteiger partial charge in [0.15, 0.2) is 10.1 Å². The summed E-state index contributed by atoms with van der Waals surface area (Å²) >= 11 is 0.0403. The Bertz CT molecular complexity index is 719. The van der Waals surface area contributed by atoms with Crippen molar-refractivity contribution in [2.75, 3.05) is 0 Å². The highest BCUT2D eigenvalue weighted by atomic mass is 127. The monoisotopic (exact) mass is 429 g/mol. The minimum atomic E-state index is -6.09. The zero-order valence-corrected chi connectivity index (χ0v) is 13.1. The largest absolute Gasteiger partial charge is 0.741 e. The fourth-order valence-corrected chi connectivity index (χ4v) is 4.32. The Morgan fingerprint density at radius 2 is 1.62 bits per heavy atom. The molecule has 2 heterocycles. The third kappa shape index (κ3) is 3.71. The standard InChI is InChI=1S/C11H7IN.CHF3O3S/c1-2-5-9-8(4-1)11-10(12-9)6-3-7-13-11;2-1(3,4)8(5,6)7/h1-7H;(H,5,6,7)/q+1;/p-1. The summed E-state index contributed by atoms with van der Waals surface area (Å²) in [6, 6.07) is 12.8. The van der Waals surface area contributed by atoms with Crippen molar-refractivity contribution in [1.29, 1.82) is 0 Å². The van der Waals surface area contributed by atoms with Crippen molar-refractivity contribution in [3.8, 4) is 11.3 Å². The molecule has 21 heavy (non-hydrogen) atoms. The Hall–Kier alpha value is -1.20. The van der Waals surface area contributed by atoms with E-state index in [0.717, 1.165) is 0 Å². The molecule has 4 nitrogen and oxygen atoms in total. The van der Waals surface area contributed by atoms with E-state index in [1.165, 1.54) is 18.4 Å². The van der Waals surface area contributed by atoms with Crippen molar-refractivity contribution in [1.82, 2.24) is 4.98 Å². The summed E-state index contributed by atoms with van der Waals surface area (Å²) < 4.78 is 61.9. The molecule has 0 aliphatic carbocycles. The van der Waals surface area contributed by atoms with Gasteiger partial charge in [-0.25, -0.2) is 8.42 Å². The number of aromatic nitrogens is 1. The number of nitrogens with zero attached hydrogens (tertiary/aromatic N) is 1. The molecule has 1 aliphatic rings. The van der Waals surface area contributed by atoms with Gasteiger partial charge < -0.3 is 4.55 Å². The number of benzene rings is 1. The molecular weight excluding hydrogens is 422 g/mol. The third-order valence-electron chi connectivity index (χ3n) is 2.37. The quantitative estimate of drug-likeness (QED) is 0.268. The summed E-state index contributed by atoms with van der Waals surface area (Å²) in [5.74, 6) is 0. The summed E-state index contributed by atoms with van der Waals surface area (Å²) in [6.45, 7) is 0. The van der Waals surface area contributed by atoms with Gasteiger partial charge in [0.05, 0.1) is 5.56 Å². The Balaban J connectivity index is 0.000000177. The second-order valence-electron chi connectivity index (χ2n) is 3.81. The molecule has 0 unspecified atom stereocenters. The van der Waals surface area contributed by atoms with Gasteiger partial charge in [-0.2, -0.15) is 13.2 Å². The lowest BCUT2D eigenvalue weighted by molar-refractivity contribution is -0.590. The van der Waals surface area contributed by atoms with Crippen LogP contribution in [0.25, 0.3) is 11.3 Å². The van der Waals surface area contributed by atoms with Crippen LogP contribution in [0.5, 0.6) is 0 Å². The first-order valence-electron chi connectivity index (χ1n) is 5.41. The van der Waals surface area contributed by atoms with Crippen LogP contribution in [-0.2, 0) is 10.1 Å². The van der Waals surface area contributed by atoms with E-state index in [2.05, 4.69) is 35.3 Å². The highest BCUT2D eigenvalue weighted by Crippen LogP contribution is 2.20. The molecule has 0 radical (unpaired) electrons. The summed E-state index contributed by atoms with van der Waals surface area (Å²) in [5, 5.41) is 0.